The molecule has 1 N–H and O–H groups in total. The van der Waals surface area contributed by atoms with E-state index in [1.807, 2.05) is 42.3 Å². The molecule has 3 nitrogen and oxygen atoms in total. The minimum absolute atomic E-state index is 0. The van der Waals surface area contributed by atoms with Crippen molar-refractivity contribution in [3.63, 3.8) is 0 Å². The highest BCUT2D eigenvalue weighted by Gasteiger charge is 1.96. The second-order valence-corrected chi connectivity index (χ2v) is 3.16. The van der Waals surface area contributed by atoms with Crippen molar-refractivity contribution in [1.29, 1.82) is 0 Å². The normalized spacial score (nSPS) is 8.81. The quantitative estimate of drug-likeness (QED) is 0.919. The van der Waals surface area contributed by atoms with Gasteiger partial charge in [0, 0.05) is 13.2 Å². The molecule has 0 aliphatic heterocycles. The third kappa shape index (κ3) is 3.76. The number of hydrogen-bond acceptors (Lipinski definition) is 2. The zero-order valence-corrected chi connectivity index (χ0v) is 10.6. The van der Waals surface area contributed by atoms with Gasteiger partial charge in [-0.3, -0.25) is 4.68 Å². The van der Waals surface area contributed by atoms with Crippen LogP contribution in [-0.4, -0.2) is 16.8 Å². The number of benzene rings is 1. The summed E-state index contributed by atoms with van der Waals surface area (Å²) in [5.74, 6) is 0. The fourth-order valence-electron chi connectivity index (χ4n) is 1.35. The summed E-state index contributed by atoms with van der Waals surface area (Å²) in [6.45, 7) is 0.822. The van der Waals surface area contributed by atoms with Gasteiger partial charge in [-0.15, -0.1) is 24.8 Å². The number of rotatable bonds is 3. The average Bonchev–Trinajstić information content (AvgIpc) is 2.67. The van der Waals surface area contributed by atoms with Crippen LogP contribution in [0, 0.1) is 0 Å². The second kappa shape index (κ2) is 7.14. The molecule has 0 bridgehead atoms. The van der Waals surface area contributed by atoms with Gasteiger partial charge in [-0.25, -0.2) is 0 Å². The van der Waals surface area contributed by atoms with Crippen LogP contribution >= 0.6 is 24.8 Å². The molecule has 1 heterocycles. The smallest absolute Gasteiger partial charge is 0.0724 e. The summed E-state index contributed by atoms with van der Waals surface area (Å²) in [4.78, 5) is 0. The maximum atomic E-state index is 4.24. The lowest BCUT2D eigenvalue weighted by atomic mass is 10.2. The number of anilines is 1. The molecule has 16 heavy (non-hydrogen) atoms. The van der Waals surface area contributed by atoms with Crippen molar-refractivity contribution in [3.8, 4) is 0 Å². The zero-order valence-electron chi connectivity index (χ0n) is 8.96. The van der Waals surface area contributed by atoms with Crippen molar-refractivity contribution < 1.29 is 0 Å². The Hall–Kier alpha value is -1.19. The largest absolute Gasteiger partial charge is 0.386 e. The van der Waals surface area contributed by atoms with Crippen LogP contribution in [0.4, 0.5) is 5.69 Å². The number of aromatic nitrogens is 2. The van der Waals surface area contributed by atoms with Crippen LogP contribution in [0.15, 0.2) is 42.7 Å². The molecule has 1 aromatic heterocycles. The molecule has 2 aromatic rings. The van der Waals surface area contributed by atoms with Gasteiger partial charge in [0.15, 0.2) is 0 Å². The summed E-state index contributed by atoms with van der Waals surface area (Å²) >= 11 is 0. The van der Waals surface area contributed by atoms with E-state index in [0.717, 1.165) is 12.2 Å². The van der Waals surface area contributed by atoms with E-state index in [2.05, 4.69) is 22.5 Å². The lowest BCUT2D eigenvalue weighted by molar-refractivity contribution is 0.687. The van der Waals surface area contributed by atoms with Crippen LogP contribution in [0.3, 0.4) is 0 Å². The lowest BCUT2D eigenvalue weighted by Gasteiger charge is -2.00. The summed E-state index contributed by atoms with van der Waals surface area (Å²) in [6, 6.07) is 10.3. The van der Waals surface area contributed by atoms with Gasteiger partial charge in [0.05, 0.1) is 18.4 Å². The number of nitrogens with zero attached hydrogens (tertiary/aromatic N) is 2. The van der Waals surface area contributed by atoms with E-state index < -0.39 is 0 Å². The van der Waals surface area contributed by atoms with Crippen LogP contribution in [0.25, 0.3) is 0 Å². The summed E-state index contributed by atoms with van der Waals surface area (Å²) in [7, 11) is 1.89. The fourth-order valence-corrected chi connectivity index (χ4v) is 1.35. The first-order valence-electron chi connectivity index (χ1n) is 4.62. The number of hydrogen-bond donors (Lipinski definition) is 1. The highest BCUT2D eigenvalue weighted by Crippen LogP contribution is 2.06. The number of halogens is 2. The Morgan fingerprint density at radius 1 is 1.19 bits per heavy atom. The summed E-state index contributed by atoms with van der Waals surface area (Å²) in [6.07, 6.45) is 3.82. The molecule has 0 aliphatic carbocycles. The van der Waals surface area contributed by atoms with E-state index in [-0.39, 0.29) is 24.8 Å². The molecule has 0 unspecified atom stereocenters. The highest BCUT2D eigenvalue weighted by atomic mass is 35.5. The molecule has 0 radical (unpaired) electrons. The van der Waals surface area contributed by atoms with E-state index in [0.29, 0.717) is 0 Å². The topological polar surface area (TPSA) is 29.9 Å². The van der Waals surface area contributed by atoms with Crippen LogP contribution in [0.5, 0.6) is 0 Å². The molecule has 0 fully saturated rings. The van der Waals surface area contributed by atoms with Gasteiger partial charge in [-0.05, 0) is 5.56 Å². The van der Waals surface area contributed by atoms with Gasteiger partial charge < -0.3 is 5.32 Å². The van der Waals surface area contributed by atoms with Crippen molar-refractivity contribution >= 4 is 30.5 Å². The minimum atomic E-state index is 0. The van der Waals surface area contributed by atoms with Crippen molar-refractivity contribution in [1.82, 2.24) is 9.78 Å². The standard InChI is InChI=1S/C11H13N3.2ClH/c1-12-11-7-13-14(9-11)8-10-5-3-2-4-6-10;;/h2-7,9,12H,8H2,1H3;2*1H. The van der Waals surface area contributed by atoms with Crippen molar-refractivity contribution in [3.05, 3.63) is 48.3 Å². The van der Waals surface area contributed by atoms with Crippen molar-refractivity contribution in [2.75, 3.05) is 12.4 Å². The van der Waals surface area contributed by atoms with E-state index in [1.54, 1.807) is 0 Å². The van der Waals surface area contributed by atoms with Crippen molar-refractivity contribution in [2.45, 2.75) is 6.54 Å². The Bertz CT molecular complexity index is 401. The molecule has 0 saturated heterocycles. The van der Waals surface area contributed by atoms with E-state index in [1.165, 1.54) is 5.56 Å². The molecule has 2 rings (SSSR count). The maximum Gasteiger partial charge on any atom is 0.0724 e. The first kappa shape index (κ1) is 14.8. The molecule has 0 spiro atoms. The molecule has 0 amide bonds. The molecule has 0 atom stereocenters. The van der Waals surface area contributed by atoms with Gasteiger partial charge in [0.2, 0.25) is 0 Å². The molecule has 0 aliphatic rings. The van der Waals surface area contributed by atoms with Crippen LogP contribution < -0.4 is 5.32 Å². The first-order valence-corrected chi connectivity index (χ1v) is 4.62. The second-order valence-electron chi connectivity index (χ2n) is 3.16. The van der Waals surface area contributed by atoms with Gasteiger partial charge in [-0.1, -0.05) is 30.3 Å². The van der Waals surface area contributed by atoms with Crippen LogP contribution in [0.1, 0.15) is 5.56 Å². The first-order chi connectivity index (χ1) is 6.88. The molecule has 5 heteroatoms. The Morgan fingerprint density at radius 3 is 2.44 bits per heavy atom. The summed E-state index contributed by atoms with van der Waals surface area (Å²) < 4.78 is 1.92. The van der Waals surface area contributed by atoms with Gasteiger partial charge in [0.1, 0.15) is 0 Å². The van der Waals surface area contributed by atoms with Gasteiger partial charge in [0.25, 0.3) is 0 Å². The molecule has 1 aromatic carbocycles. The van der Waals surface area contributed by atoms with Gasteiger partial charge in [-0.2, -0.15) is 5.10 Å². The predicted octanol–water partition coefficient (Wildman–Crippen LogP) is 2.82. The predicted molar refractivity (Wildman–Crippen MR) is 71.8 cm³/mol. The lowest BCUT2D eigenvalue weighted by Crippen LogP contribution is -1.99. The molecule has 0 saturated carbocycles. The average molecular weight is 260 g/mol. The monoisotopic (exact) mass is 259 g/mol. The third-order valence-corrected chi connectivity index (χ3v) is 2.11. The van der Waals surface area contributed by atoms with Gasteiger partial charge >= 0.3 is 0 Å². The third-order valence-electron chi connectivity index (χ3n) is 2.11. The minimum Gasteiger partial charge on any atom is -0.386 e. The van der Waals surface area contributed by atoms with Crippen LogP contribution in [-0.2, 0) is 6.54 Å². The Labute approximate surface area is 108 Å². The summed E-state index contributed by atoms with van der Waals surface area (Å²) in [5.41, 5.74) is 2.30. The summed E-state index contributed by atoms with van der Waals surface area (Å²) in [5, 5.41) is 7.29. The van der Waals surface area contributed by atoms with E-state index in [9.17, 15) is 0 Å². The molecular weight excluding hydrogens is 245 g/mol. The SMILES string of the molecule is CNc1cnn(Cc2ccccc2)c1.Cl.Cl. The fraction of sp³-hybridized carbons (Fsp3) is 0.182. The Balaban J connectivity index is 0.00000112. The van der Waals surface area contributed by atoms with Crippen LogP contribution in [0.2, 0.25) is 0 Å². The molecule has 88 valence electrons. The highest BCUT2D eigenvalue weighted by molar-refractivity contribution is 5.85. The maximum absolute atomic E-state index is 4.24. The van der Waals surface area contributed by atoms with Crippen molar-refractivity contribution in [2.24, 2.45) is 0 Å². The number of nitrogens with one attached hydrogen (secondary N) is 1. The zero-order chi connectivity index (χ0) is 9.80. The Morgan fingerprint density at radius 2 is 1.88 bits per heavy atom. The van der Waals surface area contributed by atoms with E-state index in [4.69, 9.17) is 0 Å². The Kier molecular flexibility index (Phi) is 6.61. The molecular formula is C11H15Cl2N3. The van der Waals surface area contributed by atoms with E-state index >= 15 is 0 Å².